The number of rotatable bonds is 2. The van der Waals surface area contributed by atoms with Crippen LogP contribution in [0.4, 0.5) is 0 Å². The van der Waals surface area contributed by atoms with Gasteiger partial charge < -0.3 is 10.6 Å². The zero-order valence-corrected chi connectivity index (χ0v) is 10.5. The molecule has 3 rings (SSSR count). The van der Waals surface area contributed by atoms with Gasteiger partial charge in [0.2, 0.25) is 0 Å². The molecule has 0 saturated heterocycles. The van der Waals surface area contributed by atoms with Crippen molar-refractivity contribution in [3.63, 3.8) is 0 Å². The van der Waals surface area contributed by atoms with Gasteiger partial charge in [0.15, 0.2) is 5.96 Å². The fourth-order valence-electron chi connectivity index (χ4n) is 2.72. The topological polar surface area (TPSA) is 41.6 Å². The fourth-order valence-corrected chi connectivity index (χ4v) is 2.72. The summed E-state index contributed by atoms with van der Waals surface area (Å²) in [6.45, 7) is 3.77. The van der Waals surface area contributed by atoms with E-state index >= 15 is 0 Å². The molecule has 2 N–H and O–H groups in total. The van der Waals surface area contributed by atoms with Gasteiger partial charge in [-0.3, -0.25) is 4.99 Å². The first kappa shape index (κ1) is 11.1. The highest BCUT2D eigenvalue weighted by atomic mass is 15.3. The first-order chi connectivity index (χ1) is 8.81. The lowest BCUT2D eigenvalue weighted by molar-refractivity contribution is 0.366. The van der Waals surface area contributed by atoms with Crippen molar-refractivity contribution in [2.75, 3.05) is 13.1 Å². The second-order valence-corrected chi connectivity index (χ2v) is 4.57. The summed E-state index contributed by atoms with van der Waals surface area (Å²) >= 11 is 0. The number of hydrogen-bond acceptors (Lipinski definition) is 3. The van der Waals surface area contributed by atoms with Crippen LogP contribution in [0, 0.1) is 0 Å². The van der Waals surface area contributed by atoms with Gasteiger partial charge in [0.1, 0.15) is 0 Å². The molecule has 1 atom stereocenters. The number of benzene rings is 2. The highest BCUT2D eigenvalue weighted by Crippen LogP contribution is 2.30. The summed E-state index contributed by atoms with van der Waals surface area (Å²) in [6, 6.07) is 15.2. The van der Waals surface area contributed by atoms with Crippen molar-refractivity contribution < 1.29 is 0 Å². The van der Waals surface area contributed by atoms with Crippen LogP contribution < -0.4 is 5.73 Å². The van der Waals surface area contributed by atoms with Crippen LogP contribution in [0.1, 0.15) is 18.5 Å². The molecular formula is C15H17N3. The highest BCUT2D eigenvalue weighted by molar-refractivity contribution is 5.88. The molecule has 92 valence electrons. The molecule has 1 heterocycles. The number of hydrogen-bond donors (Lipinski definition) is 1. The summed E-state index contributed by atoms with van der Waals surface area (Å²) in [4.78, 5) is 6.54. The molecule has 3 heteroatoms. The Morgan fingerprint density at radius 1 is 1.22 bits per heavy atom. The van der Waals surface area contributed by atoms with Crippen molar-refractivity contribution >= 4 is 16.7 Å². The lowest BCUT2D eigenvalue weighted by atomic mass is 9.98. The zero-order valence-electron chi connectivity index (χ0n) is 10.5. The summed E-state index contributed by atoms with van der Waals surface area (Å²) < 4.78 is 0. The van der Waals surface area contributed by atoms with Gasteiger partial charge in [0.25, 0.3) is 0 Å². The first-order valence-corrected chi connectivity index (χ1v) is 6.35. The predicted octanol–water partition coefficient (Wildman–Crippen LogP) is 2.53. The summed E-state index contributed by atoms with van der Waals surface area (Å²) in [7, 11) is 0. The molecule has 1 aliphatic rings. The van der Waals surface area contributed by atoms with E-state index in [0.29, 0.717) is 5.96 Å². The standard InChI is InChI=1S/C15H17N3/c1-2-18-14(10-17-15(18)16)13-9-5-7-11-6-3-4-8-12(11)13/h3-9,14H,2,10H2,1H3,(H2,16,17). The Balaban J connectivity index is 2.10. The van der Waals surface area contributed by atoms with Gasteiger partial charge in [0, 0.05) is 6.54 Å². The molecule has 0 amide bonds. The smallest absolute Gasteiger partial charge is 0.191 e. The second-order valence-electron chi connectivity index (χ2n) is 4.57. The molecule has 0 saturated carbocycles. The normalized spacial score (nSPS) is 19.3. The molecular weight excluding hydrogens is 222 g/mol. The maximum atomic E-state index is 5.94. The molecule has 0 aromatic heterocycles. The van der Waals surface area contributed by atoms with E-state index in [9.17, 15) is 0 Å². The van der Waals surface area contributed by atoms with Crippen LogP contribution in [0.2, 0.25) is 0 Å². The van der Waals surface area contributed by atoms with Gasteiger partial charge in [-0.25, -0.2) is 0 Å². The molecule has 1 aliphatic heterocycles. The molecule has 18 heavy (non-hydrogen) atoms. The van der Waals surface area contributed by atoms with Gasteiger partial charge >= 0.3 is 0 Å². The van der Waals surface area contributed by atoms with Gasteiger partial charge in [-0.05, 0) is 23.3 Å². The van der Waals surface area contributed by atoms with Crippen LogP contribution in [0.25, 0.3) is 10.8 Å². The quantitative estimate of drug-likeness (QED) is 0.875. The van der Waals surface area contributed by atoms with E-state index in [1.165, 1.54) is 16.3 Å². The first-order valence-electron chi connectivity index (χ1n) is 6.35. The van der Waals surface area contributed by atoms with E-state index in [4.69, 9.17) is 5.73 Å². The van der Waals surface area contributed by atoms with Crippen molar-refractivity contribution in [1.29, 1.82) is 0 Å². The van der Waals surface area contributed by atoms with E-state index in [-0.39, 0.29) is 6.04 Å². The van der Waals surface area contributed by atoms with Crippen molar-refractivity contribution in [2.45, 2.75) is 13.0 Å². The minimum atomic E-state index is 0.279. The Labute approximate surface area is 107 Å². The Kier molecular flexibility index (Phi) is 2.67. The van der Waals surface area contributed by atoms with E-state index < -0.39 is 0 Å². The third kappa shape index (κ3) is 1.63. The SMILES string of the molecule is CCN1C(N)=NCC1c1cccc2ccccc12. The lowest BCUT2D eigenvalue weighted by Gasteiger charge is -2.26. The van der Waals surface area contributed by atoms with Gasteiger partial charge in [-0.15, -0.1) is 0 Å². The number of aliphatic imine (C=N–C) groups is 1. The van der Waals surface area contributed by atoms with E-state index in [1.54, 1.807) is 0 Å². The number of fused-ring (bicyclic) bond motifs is 1. The maximum absolute atomic E-state index is 5.94. The van der Waals surface area contributed by atoms with E-state index in [0.717, 1.165) is 13.1 Å². The minimum absolute atomic E-state index is 0.279. The van der Waals surface area contributed by atoms with E-state index in [1.807, 2.05) is 0 Å². The third-order valence-corrected chi connectivity index (χ3v) is 3.62. The molecule has 1 unspecified atom stereocenters. The minimum Gasteiger partial charge on any atom is -0.370 e. The maximum Gasteiger partial charge on any atom is 0.191 e. The number of likely N-dealkylation sites (N-methyl/N-ethyl adjacent to an activating group) is 1. The van der Waals surface area contributed by atoms with Crippen molar-refractivity contribution in [3.05, 3.63) is 48.0 Å². The summed E-state index contributed by atoms with van der Waals surface area (Å²) in [6.07, 6.45) is 0. The van der Waals surface area contributed by atoms with Crippen molar-refractivity contribution in [3.8, 4) is 0 Å². The zero-order chi connectivity index (χ0) is 12.5. The van der Waals surface area contributed by atoms with Gasteiger partial charge in [-0.1, -0.05) is 42.5 Å². The van der Waals surface area contributed by atoms with Crippen LogP contribution in [-0.4, -0.2) is 23.9 Å². The Hall–Kier alpha value is -2.03. The largest absolute Gasteiger partial charge is 0.370 e. The highest BCUT2D eigenvalue weighted by Gasteiger charge is 2.26. The molecule has 2 aromatic rings. The number of nitrogens with zero attached hydrogens (tertiary/aromatic N) is 2. The van der Waals surface area contributed by atoms with Crippen molar-refractivity contribution in [2.24, 2.45) is 10.7 Å². The molecule has 3 nitrogen and oxygen atoms in total. The molecule has 0 spiro atoms. The summed E-state index contributed by atoms with van der Waals surface area (Å²) in [5.74, 6) is 0.662. The van der Waals surface area contributed by atoms with Crippen molar-refractivity contribution in [1.82, 2.24) is 4.90 Å². The van der Waals surface area contributed by atoms with Crippen LogP contribution in [-0.2, 0) is 0 Å². The Bertz CT molecular complexity index is 598. The van der Waals surface area contributed by atoms with Gasteiger partial charge in [0.05, 0.1) is 12.6 Å². The monoisotopic (exact) mass is 239 g/mol. The second kappa shape index (κ2) is 4.33. The van der Waals surface area contributed by atoms with Crippen LogP contribution in [0.15, 0.2) is 47.5 Å². The molecule has 0 fully saturated rings. The molecule has 0 radical (unpaired) electrons. The molecule has 2 aromatic carbocycles. The number of guanidine groups is 1. The average molecular weight is 239 g/mol. The number of nitrogens with two attached hydrogens (primary N) is 1. The third-order valence-electron chi connectivity index (χ3n) is 3.62. The summed E-state index contributed by atoms with van der Waals surface area (Å²) in [5, 5.41) is 2.57. The predicted molar refractivity (Wildman–Crippen MR) is 75.6 cm³/mol. The average Bonchev–Trinajstić information content (AvgIpc) is 2.79. The van der Waals surface area contributed by atoms with E-state index in [2.05, 4.69) is 59.3 Å². The lowest BCUT2D eigenvalue weighted by Crippen LogP contribution is -2.35. The summed E-state index contributed by atoms with van der Waals surface area (Å²) in [5.41, 5.74) is 7.26. The van der Waals surface area contributed by atoms with Crippen LogP contribution in [0.5, 0.6) is 0 Å². The molecule has 0 aliphatic carbocycles. The van der Waals surface area contributed by atoms with Gasteiger partial charge in [-0.2, -0.15) is 0 Å². The van der Waals surface area contributed by atoms with Crippen LogP contribution in [0.3, 0.4) is 0 Å². The molecule has 0 bridgehead atoms. The Morgan fingerprint density at radius 2 is 2.00 bits per heavy atom. The Morgan fingerprint density at radius 3 is 2.83 bits per heavy atom. The fraction of sp³-hybridized carbons (Fsp3) is 0.267. The van der Waals surface area contributed by atoms with Crippen LogP contribution >= 0.6 is 0 Å².